The summed E-state index contributed by atoms with van der Waals surface area (Å²) in [7, 11) is 0. The van der Waals surface area contributed by atoms with E-state index < -0.39 is 0 Å². The van der Waals surface area contributed by atoms with Crippen molar-refractivity contribution in [2.24, 2.45) is 0 Å². The number of nitrogens with zero attached hydrogens (tertiary/aromatic N) is 1. The highest BCUT2D eigenvalue weighted by Crippen LogP contribution is 2.15. The van der Waals surface area contributed by atoms with E-state index in [0.717, 1.165) is 4.90 Å². The Bertz CT molecular complexity index is 237. The summed E-state index contributed by atoms with van der Waals surface area (Å²) in [4.78, 5) is 10.5. The molecule has 0 bridgehead atoms. The smallest absolute Gasteiger partial charge is 0.253 e. The predicted molar refractivity (Wildman–Crippen MR) is 43.0 cm³/mol. The van der Waals surface area contributed by atoms with Gasteiger partial charge in [0.1, 0.15) is 0 Å². The minimum Gasteiger partial charge on any atom is -0.264 e. The normalized spacial score (nSPS) is 9.45. The SMILES string of the molecule is O=[N+]([O-])CSc1cc[c]cc1. The molecule has 1 rings (SSSR count). The van der Waals surface area contributed by atoms with Gasteiger partial charge in [0.05, 0.1) is 0 Å². The van der Waals surface area contributed by atoms with E-state index in [1.807, 2.05) is 0 Å². The highest BCUT2D eigenvalue weighted by Gasteiger charge is 1.97. The number of hydrogen-bond acceptors (Lipinski definition) is 3. The van der Waals surface area contributed by atoms with Crippen molar-refractivity contribution in [3.05, 3.63) is 40.4 Å². The van der Waals surface area contributed by atoms with Crippen LogP contribution in [0.2, 0.25) is 0 Å². The third kappa shape index (κ3) is 3.04. The molecule has 0 aliphatic heterocycles. The Morgan fingerprint density at radius 1 is 1.55 bits per heavy atom. The van der Waals surface area contributed by atoms with Crippen LogP contribution in [0.1, 0.15) is 0 Å². The zero-order chi connectivity index (χ0) is 8.10. The number of thioether (sulfide) groups is 1. The van der Waals surface area contributed by atoms with E-state index in [1.165, 1.54) is 11.8 Å². The van der Waals surface area contributed by atoms with E-state index >= 15 is 0 Å². The van der Waals surface area contributed by atoms with Gasteiger partial charge in [-0.3, -0.25) is 10.1 Å². The fraction of sp³-hybridized carbons (Fsp3) is 0.143. The molecule has 1 aromatic carbocycles. The first-order chi connectivity index (χ1) is 5.29. The van der Waals surface area contributed by atoms with Crippen molar-refractivity contribution >= 4 is 11.8 Å². The first-order valence-corrected chi connectivity index (χ1v) is 3.98. The van der Waals surface area contributed by atoms with E-state index in [2.05, 4.69) is 6.07 Å². The quantitative estimate of drug-likeness (QED) is 0.299. The van der Waals surface area contributed by atoms with Crippen LogP contribution in [0.5, 0.6) is 0 Å². The molecular weight excluding hydrogens is 162 g/mol. The highest BCUT2D eigenvalue weighted by molar-refractivity contribution is 7.99. The molecule has 4 heteroatoms. The molecule has 0 spiro atoms. The van der Waals surface area contributed by atoms with Gasteiger partial charge in [-0.2, -0.15) is 0 Å². The molecule has 0 heterocycles. The lowest BCUT2D eigenvalue weighted by molar-refractivity contribution is -0.456. The van der Waals surface area contributed by atoms with E-state index in [-0.39, 0.29) is 10.8 Å². The summed E-state index contributed by atoms with van der Waals surface area (Å²) in [5.41, 5.74) is 0. The Kier molecular flexibility index (Phi) is 2.92. The van der Waals surface area contributed by atoms with Crippen LogP contribution in [-0.2, 0) is 0 Å². The van der Waals surface area contributed by atoms with Crippen molar-refractivity contribution in [3.8, 4) is 0 Å². The predicted octanol–water partition coefficient (Wildman–Crippen LogP) is 1.81. The van der Waals surface area contributed by atoms with Gasteiger partial charge in [-0.1, -0.05) is 23.9 Å². The molecule has 0 amide bonds. The van der Waals surface area contributed by atoms with Crippen LogP contribution in [-0.4, -0.2) is 10.8 Å². The lowest BCUT2D eigenvalue weighted by atomic mass is 10.4. The highest BCUT2D eigenvalue weighted by atomic mass is 32.2. The van der Waals surface area contributed by atoms with Gasteiger partial charge in [-0.15, -0.1) is 0 Å². The average molecular weight is 168 g/mol. The second-order valence-electron chi connectivity index (χ2n) is 1.84. The summed E-state index contributed by atoms with van der Waals surface area (Å²) < 4.78 is 0. The molecule has 1 aromatic rings. The number of benzene rings is 1. The van der Waals surface area contributed by atoms with Gasteiger partial charge in [-0.25, -0.2) is 0 Å². The Morgan fingerprint density at radius 2 is 2.18 bits per heavy atom. The van der Waals surface area contributed by atoms with Crippen LogP contribution < -0.4 is 0 Å². The summed E-state index contributed by atoms with van der Waals surface area (Å²) in [6.45, 7) is 0. The second-order valence-corrected chi connectivity index (χ2v) is 2.86. The Hall–Kier alpha value is -1.03. The first kappa shape index (κ1) is 8.07. The van der Waals surface area contributed by atoms with Gasteiger partial charge in [0.2, 0.25) is 0 Å². The molecule has 0 fully saturated rings. The van der Waals surface area contributed by atoms with E-state index in [0.29, 0.717) is 0 Å². The second kappa shape index (κ2) is 3.98. The summed E-state index contributed by atoms with van der Waals surface area (Å²) in [6.07, 6.45) is 0. The largest absolute Gasteiger partial charge is 0.264 e. The zero-order valence-electron chi connectivity index (χ0n) is 5.69. The Labute approximate surface area is 68.6 Å². The number of nitro groups is 1. The van der Waals surface area contributed by atoms with Crippen molar-refractivity contribution in [1.29, 1.82) is 0 Å². The molecule has 57 valence electrons. The van der Waals surface area contributed by atoms with Crippen LogP contribution in [0, 0.1) is 16.2 Å². The molecule has 1 radical (unpaired) electrons. The summed E-state index contributed by atoms with van der Waals surface area (Å²) in [6, 6.07) is 9.91. The van der Waals surface area contributed by atoms with Gasteiger partial charge < -0.3 is 0 Å². The molecule has 0 aliphatic carbocycles. The molecular formula is C7H6NO2S. The van der Waals surface area contributed by atoms with Crippen LogP contribution >= 0.6 is 11.8 Å². The van der Waals surface area contributed by atoms with Crippen LogP contribution in [0.3, 0.4) is 0 Å². The summed E-state index contributed by atoms with van der Waals surface area (Å²) in [5.74, 6) is -0.0794. The molecule has 0 unspecified atom stereocenters. The lowest BCUT2D eigenvalue weighted by Crippen LogP contribution is -1.94. The van der Waals surface area contributed by atoms with Gasteiger partial charge in [0.15, 0.2) is 0 Å². The maximum absolute atomic E-state index is 9.95. The molecule has 0 aromatic heterocycles. The average Bonchev–Trinajstić information content (AvgIpc) is 2.03. The fourth-order valence-corrected chi connectivity index (χ4v) is 1.18. The minimum absolute atomic E-state index is 0.0794. The van der Waals surface area contributed by atoms with E-state index in [9.17, 15) is 10.1 Å². The van der Waals surface area contributed by atoms with Gasteiger partial charge in [0.25, 0.3) is 5.88 Å². The van der Waals surface area contributed by atoms with E-state index in [4.69, 9.17) is 0 Å². The number of hydrogen-bond donors (Lipinski definition) is 0. The third-order valence-corrected chi connectivity index (χ3v) is 1.97. The van der Waals surface area contributed by atoms with Crippen LogP contribution in [0.15, 0.2) is 29.2 Å². The molecule has 0 saturated carbocycles. The van der Waals surface area contributed by atoms with Crippen molar-refractivity contribution in [3.63, 3.8) is 0 Å². The molecule has 0 atom stereocenters. The molecule has 3 nitrogen and oxygen atoms in total. The summed E-state index contributed by atoms with van der Waals surface area (Å²) in [5, 5.41) is 9.95. The first-order valence-electron chi connectivity index (χ1n) is 3.00. The monoisotopic (exact) mass is 168 g/mol. The Balaban J connectivity index is 2.45. The van der Waals surface area contributed by atoms with E-state index in [1.54, 1.807) is 24.3 Å². The van der Waals surface area contributed by atoms with Gasteiger partial charge in [0, 0.05) is 9.82 Å². The zero-order valence-corrected chi connectivity index (χ0v) is 6.50. The van der Waals surface area contributed by atoms with Crippen LogP contribution in [0.4, 0.5) is 0 Å². The van der Waals surface area contributed by atoms with Crippen LogP contribution in [0.25, 0.3) is 0 Å². The molecule has 11 heavy (non-hydrogen) atoms. The minimum atomic E-state index is -0.346. The molecule has 0 saturated heterocycles. The van der Waals surface area contributed by atoms with Gasteiger partial charge >= 0.3 is 0 Å². The van der Waals surface area contributed by atoms with Crippen molar-refractivity contribution in [1.82, 2.24) is 0 Å². The topological polar surface area (TPSA) is 43.1 Å². The summed E-state index contributed by atoms with van der Waals surface area (Å²) >= 11 is 1.21. The van der Waals surface area contributed by atoms with Gasteiger partial charge in [-0.05, 0) is 18.2 Å². The standard InChI is InChI=1S/C7H6NO2S/c9-8(10)6-11-7-4-2-1-3-5-7/h2-5H,6H2. The number of rotatable bonds is 3. The molecule has 0 N–H and O–H groups in total. The fourth-order valence-electron chi connectivity index (χ4n) is 0.595. The maximum atomic E-state index is 9.95. The van der Waals surface area contributed by atoms with Crippen molar-refractivity contribution < 1.29 is 4.92 Å². The maximum Gasteiger partial charge on any atom is 0.253 e. The lowest BCUT2D eigenvalue weighted by Gasteiger charge is -1.93. The third-order valence-electron chi connectivity index (χ3n) is 1.02. The Morgan fingerprint density at radius 3 is 2.73 bits per heavy atom. The van der Waals surface area contributed by atoms with Crippen molar-refractivity contribution in [2.75, 3.05) is 5.88 Å². The molecule has 0 aliphatic rings. The van der Waals surface area contributed by atoms with Crippen molar-refractivity contribution in [2.45, 2.75) is 4.90 Å².